The first-order valence-corrected chi connectivity index (χ1v) is 6.80. The summed E-state index contributed by atoms with van der Waals surface area (Å²) in [6.07, 6.45) is 5.20. The molecule has 0 fully saturated rings. The van der Waals surface area contributed by atoms with Crippen molar-refractivity contribution in [2.45, 2.75) is 26.2 Å². The number of carboxylic acid groups (broad SMARTS) is 1. The molecule has 17 heavy (non-hydrogen) atoms. The van der Waals surface area contributed by atoms with E-state index in [-0.39, 0.29) is 0 Å². The third-order valence-electron chi connectivity index (χ3n) is 2.41. The fourth-order valence-electron chi connectivity index (χ4n) is 1.46. The van der Waals surface area contributed by atoms with E-state index < -0.39 is 5.97 Å². The third-order valence-corrected chi connectivity index (χ3v) is 3.23. The number of carboxylic acids is 1. The Morgan fingerprint density at radius 1 is 1.53 bits per heavy atom. The zero-order chi connectivity index (χ0) is 12.5. The highest BCUT2D eigenvalue weighted by atomic mass is 32.1. The quantitative estimate of drug-likeness (QED) is 0.553. The Kier molecular flexibility index (Phi) is 6.58. The number of aliphatic carboxylic acids is 1. The first-order valence-electron chi connectivity index (χ1n) is 5.92. The monoisotopic (exact) mass is 253 g/mol. The predicted octanol–water partition coefficient (Wildman–Crippen LogP) is 3.00. The van der Waals surface area contributed by atoms with Crippen molar-refractivity contribution in [1.29, 1.82) is 0 Å². The van der Waals surface area contributed by atoms with Gasteiger partial charge in [0.25, 0.3) is 0 Å². The van der Waals surface area contributed by atoms with Gasteiger partial charge in [0, 0.05) is 11.4 Å². The molecule has 0 amide bonds. The molecule has 94 valence electrons. The largest absolute Gasteiger partial charge is 0.478 e. The molecule has 0 spiro atoms. The fourth-order valence-corrected chi connectivity index (χ4v) is 2.14. The van der Waals surface area contributed by atoms with Gasteiger partial charge in [0.15, 0.2) is 0 Å². The van der Waals surface area contributed by atoms with E-state index in [1.54, 1.807) is 17.4 Å². The number of hydrogen-bond acceptors (Lipinski definition) is 3. The van der Waals surface area contributed by atoms with Gasteiger partial charge in [-0.2, -0.15) is 0 Å². The number of nitrogens with one attached hydrogen (secondary N) is 1. The Bertz CT molecular complexity index is 358. The smallest absolute Gasteiger partial charge is 0.332 e. The Morgan fingerprint density at radius 2 is 2.35 bits per heavy atom. The van der Waals surface area contributed by atoms with Gasteiger partial charge in [-0.3, -0.25) is 0 Å². The molecule has 0 saturated heterocycles. The van der Waals surface area contributed by atoms with Gasteiger partial charge in [0.05, 0.1) is 5.57 Å². The van der Waals surface area contributed by atoms with Crippen LogP contribution in [0, 0.1) is 0 Å². The summed E-state index contributed by atoms with van der Waals surface area (Å²) >= 11 is 1.55. The van der Waals surface area contributed by atoms with Crippen molar-refractivity contribution in [3.63, 3.8) is 0 Å². The molecular formula is C13H19NO2S. The van der Waals surface area contributed by atoms with Gasteiger partial charge >= 0.3 is 5.97 Å². The molecule has 1 aromatic rings. The molecule has 0 aliphatic heterocycles. The maximum absolute atomic E-state index is 11.0. The van der Waals surface area contributed by atoms with Crippen molar-refractivity contribution in [3.05, 3.63) is 28.0 Å². The fraction of sp³-hybridized carbons (Fsp3) is 0.462. The first kappa shape index (κ1) is 13.9. The molecule has 0 aromatic carbocycles. The van der Waals surface area contributed by atoms with Crippen LogP contribution in [0.25, 0.3) is 6.08 Å². The van der Waals surface area contributed by atoms with E-state index in [1.165, 1.54) is 12.8 Å². The molecule has 2 N–H and O–H groups in total. The van der Waals surface area contributed by atoms with Crippen LogP contribution in [0.5, 0.6) is 0 Å². The lowest BCUT2D eigenvalue weighted by atomic mass is 10.2. The number of rotatable bonds is 8. The average Bonchev–Trinajstić information content (AvgIpc) is 2.79. The minimum Gasteiger partial charge on any atom is -0.478 e. The molecule has 1 heterocycles. The zero-order valence-corrected chi connectivity index (χ0v) is 10.9. The number of thiophene rings is 1. The maximum atomic E-state index is 11.0. The summed E-state index contributed by atoms with van der Waals surface area (Å²) in [4.78, 5) is 12.0. The molecule has 0 aliphatic rings. The van der Waals surface area contributed by atoms with Crippen molar-refractivity contribution in [2.24, 2.45) is 0 Å². The van der Waals surface area contributed by atoms with Crippen LogP contribution in [0.15, 0.2) is 23.1 Å². The molecule has 0 saturated carbocycles. The van der Waals surface area contributed by atoms with Crippen LogP contribution in [0.2, 0.25) is 0 Å². The van der Waals surface area contributed by atoms with E-state index in [0.717, 1.165) is 17.8 Å². The Hall–Kier alpha value is -1.13. The molecule has 0 aliphatic carbocycles. The van der Waals surface area contributed by atoms with E-state index in [1.807, 2.05) is 17.5 Å². The highest BCUT2D eigenvalue weighted by Gasteiger charge is 2.06. The third kappa shape index (κ3) is 5.65. The summed E-state index contributed by atoms with van der Waals surface area (Å²) < 4.78 is 0. The highest BCUT2D eigenvalue weighted by molar-refractivity contribution is 7.10. The van der Waals surface area contributed by atoms with E-state index in [2.05, 4.69) is 12.2 Å². The SMILES string of the molecule is CCCCCNCC(=Cc1cccs1)C(=O)O. The molecule has 0 radical (unpaired) electrons. The lowest BCUT2D eigenvalue weighted by Crippen LogP contribution is -2.21. The van der Waals surface area contributed by atoms with Crippen molar-refractivity contribution >= 4 is 23.4 Å². The minimum atomic E-state index is -0.846. The Labute approximate surface area is 106 Å². The second-order valence-electron chi connectivity index (χ2n) is 3.87. The minimum absolute atomic E-state index is 0.420. The van der Waals surface area contributed by atoms with Crippen molar-refractivity contribution in [3.8, 4) is 0 Å². The Balaban J connectivity index is 2.42. The van der Waals surface area contributed by atoms with Gasteiger partial charge in [0.1, 0.15) is 0 Å². The lowest BCUT2D eigenvalue weighted by Gasteiger charge is -2.04. The molecule has 0 unspecified atom stereocenters. The number of hydrogen-bond donors (Lipinski definition) is 2. The summed E-state index contributed by atoms with van der Waals surface area (Å²) in [6.45, 7) is 3.46. The summed E-state index contributed by atoms with van der Waals surface area (Å²) in [5, 5.41) is 14.2. The first-order chi connectivity index (χ1) is 8.24. The average molecular weight is 253 g/mol. The second kappa shape index (κ2) is 8.03. The predicted molar refractivity (Wildman–Crippen MR) is 72.3 cm³/mol. The molecular weight excluding hydrogens is 234 g/mol. The van der Waals surface area contributed by atoms with Crippen LogP contribution in [-0.4, -0.2) is 24.2 Å². The van der Waals surface area contributed by atoms with Gasteiger partial charge in [-0.05, 0) is 30.5 Å². The van der Waals surface area contributed by atoms with Gasteiger partial charge < -0.3 is 10.4 Å². The van der Waals surface area contributed by atoms with E-state index >= 15 is 0 Å². The summed E-state index contributed by atoms with van der Waals surface area (Å²) in [5.74, 6) is -0.846. The molecule has 1 rings (SSSR count). The standard InChI is InChI=1S/C13H19NO2S/c1-2-3-4-7-14-10-11(13(15)16)9-12-6-5-8-17-12/h5-6,8-9,14H,2-4,7,10H2,1H3,(H,15,16). The van der Waals surface area contributed by atoms with Crippen LogP contribution in [0.1, 0.15) is 31.1 Å². The molecule has 3 nitrogen and oxygen atoms in total. The second-order valence-corrected chi connectivity index (χ2v) is 4.85. The van der Waals surface area contributed by atoms with Crippen molar-refractivity contribution in [2.75, 3.05) is 13.1 Å². The van der Waals surface area contributed by atoms with Crippen molar-refractivity contribution in [1.82, 2.24) is 5.32 Å². The molecule has 0 bridgehead atoms. The molecule has 4 heteroatoms. The summed E-state index contributed by atoms with van der Waals surface area (Å²) in [5.41, 5.74) is 0.420. The topological polar surface area (TPSA) is 49.3 Å². The van der Waals surface area contributed by atoms with Crippen molar-refractivity contribution < 1.29 is 9.90 Å². The maximum Gasteiger partial charge on any atom is 0.332 e. The zero-order valence-electron chi connectivity index (χ0n) is 10.1. The summed E-state index contributed by atoms with van der Waals surface area (Å²) in [6, 6.07) is 3.84. The molecule has 1 aromatic heterocycles. The van der Waals surface area contributed by atoms with Gasteiger partial charge in [-0.25, -0.2) is 4.79 Å². The van der Waals surface area contributed by atoms with Crippen LogP contribution >= 0.6 is 11.3 Å². The van der Waals surface area contributed by atoms with Gasteiger partial charge in [-0.1, -0.05) is 25.8 Å². The van der Waals surface area contributed by atoms with Gasteiger partial charge in [-0.15, -0.1) is 11.3 Å². The van der Waals surface area contributed by atoms with E-state index in [0.29, 0.717) is 12.1 Å². The van der Waals surface area contributed by atoms with Gasteiger partial charge in [0.2, 0.25) is 0 Å². The van der Waals surface area contributed by atoms with Crippen LogP contribution < -0.4 is 5.32 Å². The summed E-state index contributed by atoms with van der Waals surface area (Å²) in [7, 11) is 0. The molecule has 0 atom stereocenters. The number of unbranched alkanes of at least 4 members (excludes halogenated alkanes) is 2. The lowest BCUT2D eigenvalue weighted by molar-refractivity contribution is -0.132. The van der Waals surface area contributed by atoms with E-state index in [9.17, 15) is 4.79 Å². The van der Waals surface area contributed by atoms with Crippen LogP contribution in [-0.2, 0) is 4.79 Å². The highest BCUT2D eigenvalue weighted by Crippen LogP contribution is 2.13. The Morgan fingerprint density at radius 3 is 2.94 bits per heavy atom. The van der Waals surface area contributed by atoms with Crippen LogP contribution in [0.3, 0.4) is 0 Å². The normalized spacial score (nSPS) is 11.7. The van der Waals surface area contributed by atoms with E-state index in [4.69, 9.17) is 5.11 Å². The number of carbonyl (C=O) groups is 1. The van der Waals surface area contributed by atoms with Crippen LogP contribution in [0.4, 0.5) is 0 Å².